The lowest BCUT2D eigenvalue weighted by Gasteiger charge is -2.08. The Balaban J connectivity index is 2.01. The molecule has 1 heterocycles. The van der Waals surface area contributed by atoms with E-state index in [9.17, 15) is 9.18 Å². The van der Waals surface area contributed by atoms with Crippen molar-refractivity contribution < 1.29 is 13.9 Å². The molecule has 1 aliphatic rings. The number of hydrogen-bond acceptors (Lipinski definition) is 3. The van der Waals surface area contributed by atoms with Crippen molar-refractivity contribution in [3.05, 3.63) is 66.0 Å². The van der Waals surface area contributed by atoms with Gasteiger partial charge in [-0.25, -0.2) is 9.18 Å². The first-order valence-corrected chi connectivity index (χ1v) is 6.84. The maximum Gasteiger partial charge on any atom is 0.350 e. The average Bonchev–Trinajstić information content (AvgIpc) is 3.15. The molecule has 3 nitrogen and oxygen atoms in total. The summed E-state index contributed by atoms with van der Waals surface area (Å²) in [5.74, 6) is -0.855. The highest BCUT2D eigenvalue weighted by Gasteiger charge is 2.69. The number of nitrogens with zero attached hydrogens (tertiary/aromatic N) is 1. The van der Waals surface area contributed by atoms with Gasteiger partial charge in [-0.05, 0) is 29.8 Å². The number of methoxy groups -OCH3 is 1. The van der Waals surface area contributed by atoms with E-state index in [-0.39, 0.29) is 11.9 Å². The van der Waals surface area contributed by atoms with Crippen LogP contribution in [0.1, 0.15) is 11.6 Å². The van der Waals surface area contributed by atoms with Crippen LogP contribution in [0.3, 0.4) is 0 Å². The highest BCUT2D eigenvalue weighted by atomic mass is 35.5. The van der Waals surface area contributed by atoms with Crippen molar-refractivity contribution in [3.8, 4) is 0 Å². The third-order valence-electron chi connectivity index (χ3n) is 3.60. The molecule has 2 aromatic carbocycles. The minimum Gasteiger partial charge on any atom is -0.466 e. The number of halogens is 2. The summed E-state index contributed by atoms with van der Waals surface area (Å²) >= 11 is 6.49. The van der Waals surface area contributed by atoms with Gasteiger partial charge in [-0.3, -0.25) is 0 Å². The van der Waals surface area contributed by atoms with E-state index in [4.69, 9.17) is 16.3 Å². The summed E-state index contributed by atoms with van der Waals surface area (Å²) in [6, 6.07) is 14.9. The summed E-state index contributed by atoms with van der Waals surface area (Å²) in [6.45, 7) is 0. The monoisotopic (exact) mass is 305 g/mol. The minimum atomic E-state index is -1.28. The van der Waals surface area contributed by atoms with Crippen molar-refractivity contribution in [1.29, 1.82) is 0 Å². The fourth-order valence-electron chi connectivity index (χ4n) is 2.56. The molecule has 0 N–H and O–H groups in total. The number of ether oxygens (including phenoxy) is 1. The Morgan fingerprint density at radius 1 is 1.19 bits per heavy atom. The van der Waals surface area contributed by atoms with Gasteiger partial charge < -0.3 is 9.64 Å². The molecule has 0 amide bonds. The first-order valence-electron chi connectivity index (χ1n) is 6.46. The van der Waals surface area contributed by atoms with E-state index in [1.54, 1.807) is 17.0 Å². The normalized spacial score (nSPS) is 23.8. The van der Waals surface area contributed by atoms with Gasteiger partial charge in [0.25, 0.3) is 0 Å². The van der Waals surface area contributed by atoms with Gasteiger partial charge in [0, 0.05) is 5.69 Å². The van der Waals surface area contributed by atoms with E-state index < -0.39 is 11.0 Å². The zero-order valence-electron chi connectivity index (χ0n) is 11.3. The lowest BCUT2D eigenvalue weighted by Crippen LogP contribution is -2.24. The van der Waals surface area contributed by atoms with Crippen LogP contribution in [0.2, 0.25) is 0 Å². The van der Waals surface area contributed by atoms with E-state index in [1.807, 2.05) is 30.3 Å². The van der Waals surface area contributed by atoms with Crippen LogP contribution in [0.25, 0.3) is 0 Å². The Bertz CT molecular complexity index is 662. The number of esters is 1. The van der Waals surface area contributed by atoms with E-state index >= 15 is 0 Å². The molecule has 1 fully saturated rings. The molecule has 1 aliphatic heterocycles. The maximum absolute atomic E-state index is 13.1. The van der Waals surface area contributed by atoms with Gasteiger partial charge in [0.15, 0.2) is 0 Å². The van der Waals surface area contributed by atoms with Crippen LogP contribution in [0.4, 0.5) is 10.1 Å². The molecule has 0 aliphatic carbocycles. The van der Waals surface area contributed by atoms with Crippen molar-refractivity contribution in [2.45, 2.75) is 11.0 Å². The third kappa shape index (κ3) is 2.16. The fraction of sp³-hybridized carbons (Fsp3) is 0.188. The number of benzene rings is 2. The highest BCUT2D eigenvalue weighted by molar-refractivity contribution is 6.40. The van der Waals surface area contributed by atoms with Gasteiger partial charge in [0.2, 0.25) is 5.00 Å². The van der Waals surface area contributed by atoms with Crippen molar-refractivity contribution >= 4 is 23.3 Å². The van der Waals surface area contributed by atoms with E-state index in [0.29, 0.717) is 0 Å². The van der Waals surface area contributed by atoms with Crippen LogP contribution < -0.4 is 4.90 Å². The molecule has 0 spiro atoms. The van der Waals surface area contributed by atoms with Crippen molar-refractivity contribution in [2.75, 3.05) is 12.0 Å². The molecular formula is C16H13ClFNO2. The number of alkyl halides is 1. The van der Waals surface area contributed by atoms with Crippen molar-refractivity contribution in [2.24, 2.45) is 0 Å². The number of rotatable bonds is 3. The SMILES string of the molecule is COC(=O)[C@@]1(Cl)[C@H](c2ccc(F)cc2)N1c1ccccc1. The Morgan fingerprint density at radius 2 is 1.81 bits per heavy atom. The van der Waals surface area contributed by atoms with Crippen LogP contribution in [0.5, 0.6) is 0 Å². The zero-order valence-corrected chi connectivity index (χ0v) is 12.0. The summed E-state index contributed by atoms with van der Waals surface area (Å²) in [5, 5.41) is 0. The summed E-state index contributed by atoms with van der Waals surface area (Å²) in [4.78, 5) is 12.5. The first-order chi connectivity index (χ1) is 10.1. The average molecular weight is 306 g/mol. The Hall–Kier alpha value is -2.07. The lowest BCUT2D eigenvalue weighted by molar-refractivity contribution is -0.141. The van der Waals surface area contributed by atoms with Crippen LogP contribution >= 0.6 is 11.6 Å². The number of hydrogen-bond donors (Lipinski definition) is 0. The Morgan fingerprint density at radius 3 is 2.38 bits per heavy atom. The van der Waals surface area contributed by atoms with Gasteiger partial charge in [0.1, 0.15) is 11.9 Å². The van der Waals surface area contributed by atoms with Crippen LogP contribution in [0.15, 0.2) is 54.6 Å². The molecule has 0 aromatic heterocycles. The molecule has 108 valence electrons. The van der Waals surface area contributed by atoms with Crippen molar-refractivity contribution in [1.82, 2.24) is 0 Å². The van der Waals surface area contributed by atoms with Gasteiger partial charge in [0.05, 0.1) is 7.11 Å². The zero-order chi connectivity index (χ0) is 15.0. The van der Waals surface area contributed by atoms with Gasteiger partial charge in [-0.1, -0.05) is 41.9 Å². The maximum atomic E-state index is 13.1. The summed E-state index contributed by atoms with van der Waals surface area (Å²) in [7, 11) is 1.30. The summed E-state index contributed by atoms with van der Waals surface area (Å²) < 4.78 is 17.9. The second kappa shape index (κ2) is 5.04. The molecule has 0 radical (unpaired) electrons. The molecule has 3 rings (SSSR count). The minimum absolute atomic E-state index is 0.330. The van der Waals surface area contributed by atoms with Gasteiger partial charge >= 0.3 is 5.97 Å². The molecular weight excluding hydrogens is 293 g/mol. The van der Waals surface area contributed by atoms with Crippen molar-refractivity contribution in [3.63, 3.8) is 0 Å². The lowest BCUT2D eigenvalue weighted by atomic mass is 10.1. The molecule has 1 saturated heterocycles. The fourth-order valence-corrected chi connectivity index (χ4v) is 3.01. The van der Waals surface area contributed by atoms with Crippen LogP contribution in [0, 0.1) is 5.82 Å². The second-order valence-corrected chi connectivity index (χ2v) is 5.40. The number of anilines is 1. The van der Waals surface area contributed by atoms with E-state index in [2.05, 4.69) is 0 Å². The molecule has 2 aromatic rings. The smallest absolute Gasteiger partial charge is 0.350 e. The number of carbonyl (C=O) groups is 1. The summed E-state index contributed by atoms with van der Waals surface area (Å²) in [5.41, 5.74) is 1.58. The number of carbonyl (C=O) groups excluding carboxylic acids is 1. The predicted octanol–water partition coefficient (Wildman–Crippen LogP) is 3.50. The Labute approximate surface area is 126 Å². The molecule has 5 heteroatoms. The molecule has 0 bridgehead atoms. The van der Waals surface area contributed by atoms with Crippen LogP contribution in [-0.4, -0.2) is 18.1 Å². The largest absolute Gasteiger partial charge is 0.466 e. The first kappa shape index (κ1) is 13.9. The number of para-hydroxylation sites is 1. The standard InChI is InChI=1S/C16H13ClFNO2/c1-21-15(20)16(17)14(11-7-9-12(18)10-8-11)19(16)13-5-3-2-4-6-13/h2-10,14H,1H3/t14-,16+,19?/m0/s1. The van der Waals surface area contributed by atoms with E-state index in [1.165, 1.54) is 19.2 Å². The topological polar surface area (TPSA) is 29.3 Å². The van der Waals surface area contributed by atoms with Gasteiger partial charge in [-0.15, -0.1) is 0 Å². The van der Waals surface area contributed by atoms with Gasteiger partial charge in [-0.2, -0.15) is 0 Å². The highest BCUT2D eigenvalue weighted by Crippen LogP contribution is 2.59. The molecule has 0 unspecified atom stereocenters. The molecule has 2 atom stereocenters. The second-order valence-electron chi connectivity index (χ2n) is 4.82. The quantitative estimate of drug-likeness (QED) is 0.376. The third-order valence-corrected chi connectivity index (χ3v) is 4.14. The Kier molecular flexibility index (Phi) is 3.33. The predicted molar refractivity (Wildman–Crippen MR) is 78.7 cm³/mol. The molecule has 21 heavy (non-hydrogen) atoms. The summed E-state index contributed by atoms with van der Waals surface area (Å²) in [6.07, 6.45) is 0. The van der Waals surface area contributed by atoms with E-state index in [0.717, 1.165) is 11.3 Å². The van der Waals surface area contributed by atoms with Crippen LogP contribution in [-0.2, 0) is 9.53 Å². The molecule has 0 saturated carbocycles.